The second-order valence-corrected chi connectivity index (χ2v) is 4.97. The predicted molar refractivity (Wildman–Crippen MR) is 73.5 cm³/mol. The molecule has 0 aliphatic heterocycles. The van der Waals surface area contributed by atoms with Crippen LogP contribution in [-0.2, 0) is 4.74 Å². The van der Waals surface area contributed by atoms with Crippen LogP contribution < -0.4 is 10.5 Å². The largest absolute Gasteiger partial charge is 0.490 e. The SMILES string of the molecule is COCCOc1ccccc1C(=O)C1CCC(N)C1. The summed E-state index contributed by atoms with van der Waals surface area (Å²) in [5, 5.41) is 0. The van der Waals surface area contributed by atoms with Crippen molar-refractivity contribution in [3.63, 3.8) is 0 Å². The van der Waals surface area contributed by atoms with Crippen LogP contribution in [0.5, 0.6) is 5.75 Å². The molecule has 0 saturated heterocycles. The van der Waals surface area contributed by atoms with E-state index in [2.05, 4.69) is 0 Å². The maximum absolute atomic E-state index is 12.5. The molecular weight excluding hydrogens is 242 g/mol. The van der Waals surface area contributed by atoms with E-state index < -0.39 is 0 Å². The maximum atomic E-state index is 12.5. The van der Waals surface area contributed by atoms with E-state index in [1.54, 1.807) is 7.11 Å². The van der Waals surface area contributed by atoms with Crippen molar-refractivity contribution in [2.45, 2.75) is 25.3 Å². The first-order chi connectivity index (χ1) is 9.22. The third-order valence-electron chi connectivity index (χ3n) is 3.54. The molecule has 2 unspecified atom stereocenters. The molecule has 2 atom stereocenters. The lowest BCUT2D eigenvalue weighted by atomic mass is 9.95. The third kappa shape index (κ3) is 3.55. The molecule has 1 saturated carbocycles. The van der Waals surface area contributed by atoms with E-state index in [1.807, 2.05) is 24.3 Å². The average Bonchev–Trinajstić information content (AvgIpc) is 2.85. The fraction of sp³-hybridized carbons (Fsp3) is 0.533. The van der Waals surface area contributed by atoms with E-state index in [1.165, 1.54) is 0 Å². The number of carbonyl (C=O) groups excluding carboxylic acids is 1. The minimum absolute atomic E-state index is 0.0437. The highest BCUT2D eigenvalue weighted by Crippen LogP contribution is 2.30. The standard InChI is InChI=1S/C15H21NO3/c1-18-8-9-19-14-5-3-2-4-13(14)15(17)11-6-7-12(16)10-11/h2-5,11-12H,6-10,16H2,1H3. The van der Waals surface area contributed by atoms with Crippen molar-refractivity contribution in [2.24, 2.45) is 11.7 Å². The number of ether oxygens (including phenoxy) is 2. The van der Waals surface area contributed by atoms with Crippen LogP contribution in [0.2, 0.25) is 0 Å². The Labute approximate surface area is 113 Å². The lowest BCUT2D eigenvalue weighted by Gasteiger charge is -2.13. The van der Waals surface area contributed by atoms with Crippen LogP contribution in [0.15, 0.2) is 24.3 Å². The number of rotatable bonds is 6. The van der Waals surface area contributed by atoms with E-state index in [4.69, 9.17) is 15.2 Å². The highest BCUT2D eigenvalue weighted by molar-refractivity contribution is 6.00. The van der Waals surface area contributed by atoms with Gasteiger partial charge in [0.05, 0.1) is 12.2 Å². The van der Waals surface area contributed by atoms with Gasteiger partial charge in [-0.2, -0.15) is 0 Å². The summed E-state index contributed by atoms with van der Waals surface area (Å²) in [5.41, 5.74) is 6.54. The van der Waals surface area contributed by atoms with E-state index in [0.29, 0.717) is 24.5 Å². The van der Waals surface area contributed by atoms with Gasteiger partial charge < -0.3 is 15.2 Å². The molecule has 0 aromatic heterocycles. The van der Waals surface area contributed by atoms with Gasteiger partial charge in [0.2, 0.25) is 0 Å². The van der Waals surface area contributed by atoms with Gasteiger partial charge in [0.1, 0.15) is 12.4 Å². The number of carbonyl (C=O) groups is 1. The summed E-state index contributed by atoms with van der Waals surface area (Å²) in [6.45, 7) is 0.960. The van der Waals surface area contributed by atoms with E-state index >= 15 is 0 Å². The Morgan fingerprint density at radius 2 is 2.11 bits per heavy atom. The normalized spacial score (nSPS) is 22.4. The van der Waals surface area contributed by atoms with Gasteiger partial charge in [0.25, 0.3) is 0 Å². The summed E-state index contributed by atoms with van der Waals surface area (Å²) in [6, 6.07) is 7.56. The molecule has 1 fully saturated rings. The third-order valence-corrected chi connectivity index (χ3v) is 3.54. The molecule has 19 heavy (non-hydrogen) atoms. The van der Waals surface area contributed by atoms with Crippen LogP contribution in [0.3, 0.4) is 0 Å². The molecule has 0 amide bonds. The molecular formula is C15H21NO3. The Morgan fingerprint density at radius 1 is 1.32 bits per heavy atom. The zero-order valence-corrected chi connectivity index (χ0v) is 11.3. The Balaban J connectivity index is 2.08. The molecule has 1 aliphatic rings. The first-order valence-corrected chi connectivity index (χ1v) is 6.73. The van der Waals surface area contributed by atoms with Gasteiger partial charge in [0, 0.05) is 19.1 Å². The number of benzene rings is 1. The number of hydrogen-bond donors (Lipinski definition) is 1. The fourth-order valence-corrected chi connectivity index (χ4v) is 2.51. The van der Waals surface area contributed by atoms with Crippen LogP contribution in [-0.4, -0.2) is 32.1 Å². The van der Waals surface area contributed by atoms with Crippen molar-refractivity contribution < 1.29 is 14.3 Å². The van der Waals surface area contributed by atoms with Crippen molar-refractivity contribution in [1.82, 2.24) is 0 Å². The van der Waals surface area contributed by atoms with Gasteiger partial charge in [-0.3, -0.25) is 4.79 Å². The molecule has 2 rings (SSSR count). The second kappa shape index (κ2) is 6.68. The van der Waals surface area contributed by atoms with Crippen LogP contribution in [0, 0.1) is 5.92 Å². The zero-order chi connectivity index (χ0) is 13.7. The highest BCUT2D eigenvalue weighted by Gasteiger charge is 2.29. The molecule has 2 N–H and O–H groups in total. The first-order valence-electron chi connectivity index (χ1n) is 6.73. The van der Waals surface area contributed by atoms with Gasteiger partial charge >= 0.3 is 0 Å². The van der Waals surface area contributed by atoms with Gasteiger partial charge in [-0.05, 0) is 31.4 Å². The fourth-order valence-electron chi connectivity index (χ4n) is 2.51. The van der Waals surface area contributed by atoms with Crippen molar-refractivity contribution in [3.05, 3.63) is 29.8 Å². The molecule has 1 aromatic carbocycles. The molecule has 0 heterocycles. The Bertz CT molecular complexity index is 433. The lowest BCUT2D eigenvalue weighted by molar-refractivity contribution is 0.0914. The molecule has 0 radical (unpaired) electrons. The Morgan fingerprint density at radius 3 is 2.79 bits per heavy atom. The molecule has 4 heteroatoms. The minimum Gasteiger partial charge on any atom is -0.490 e. The van der Waals surface area contributed by atoms with Crippen LogP contribution in [0.25, 0.3) is 0 Å². The summed E-state index contributed by atoms with van der Waals surface area (Å²) < 4.78 is 10.6. The summed E-state index contributed by atoms with van der Waals surface area (Å²) in [7, 11) is 1.63. The van der Waals surface area contributed by atoms with Crippen molar-refractivity contribution in [1.29, 1.82) is 0 Å². The highest BCUT2D eigenvalue weighted by atomic mass is 16.5. The van der Waals surface area contributed by atoms with Crippen molar-refractivity contribution in [2.75, 3.05) is 20.3 Å². The number of para-hydroxylation sites is 1. The predicted octanol–water partition coefficient (Wildman–Crippen LogP) is 2.02. The average molecular weight is 263 g/mol. The summed E-state index contributed by atoms with van der Waals surface area (Å²) in [5.74, 6) is 0.841. The van der Waals surface area contributed by atoms with Crippen molar-refractivity contribution in [3.8, 4) is 5.75 Å². The van der Waals surface area contributed by atoms with Gasteiger partial charge in [0.15, 0.2) is 5.78 Å². The maximum Gasteiger partial charge on any atom is 0.169 e. The lowest BCUT2D eigenvalue weighted by Crippen LogP contribution is -2.18. The smallest absolute Gasteiger partial charge is 0.169 e. The van der Waals surface area contributed by atoms with Crippen molar-refractivity contribution >= 4 is 5.78 Å². The molecule has 0 bridgehead atoms. The van der Waals surface area contributed by atoms with E-state index in [9.17, 15) is 4.79 Å². The van der Waals surface area contributed by atoms with Gasteiger partial charge in [-0.15, -0.1) is 0 Å². The van der Waals surface area contributed by atoms with Gasteiger partial charge in [-0.1, -0.05) is 12.1 Å². The Kier molecular flexibility index (Phi) is 4.93. The number of methoxy groups -OCH3 is 1. The molecule has 1 aromatic rings. The number of nitrogens with two attached hydrogens (primary N) is 1. The minimum atomic E-state index is 0.0437. The Hall–Kier alpha value is -1.39. The number of hydrogen-bond acceptors (Lipinski definition) is 4. The van der Waals surface area contributed by atoms with Gasteiger partial charge in [-0.25, -0.2) is 0 Å². The van der Waals surface area contributed by atoms with Crippen LogP contribution in [0.1, 0.15) is 29.6 Å². The molecule has 4 nitrogen and oxygen atoms in total. The number of Topliss-reactive ketones (excluding diaryl/α,β-unsaturated/α-hetero) is 1. The number of ketones is 1. The summed E-state index contributed by atoms with van der Waals surface area (Å²) >= 11 is 0. The zero-order valence-electron chi connectivity index (χ0n) is 11.3. The van der Waals surface area contributed by atoms with Crippen LogP contribution >= 0.6 is 0 Å². The van der Waals surface area contributed by atoms with E-state index in [0.717, 1.165) is 19.3 Å². The molecule has 0 spiro atoms. The molecule has 104 valence electrons. The summed E-state index contributed by atoms with van der Waals surface area (Å²) in [4.78, 5) is 12.5. The van der Waals surface area contributed by atoms with E-state index in [-0.39, 0.29) is 17.7 Å². The summed E-state index contributed by atoms with van der Waals surface area (Å²) in [6.07, 6.45) is 2.60. The quantitative estimate of drug-likeness (QED) is 0.630. The second-order valence-electron chi connectivity index (χ2n) is 4.97. The topological polar surface area (TPSA) is 61.5 Å². The first kappa shape index (κ1) is 14.0. The molecule has 1 aliphatic carbocycles. The van der Waals surface area contributed by atoms with Crippen LogP contribution in [0.4, 0.5) is 0 Å². The monoisotopic (exact) mass is 263 g/mol.